The summed E-state index contributed by atoms with van der Waals surface area (Å²) in [6.07, 6.45) is -3.10. The second-order valence-corrected chi connectivity index (χ2v) is 6.11. The van der Waals surface area contributed by atoms with E-state index in [0.29, 0.717) is 6.07 Å². The zero-order valence-corrected chi connectivity index (χ0v) is 15.2. The largest absolute Gasteiger partial charge is 0.417 e. The van der Waals surface area contributed by atoms with E-state index in [1.807, 2.05) is 0 Å². The van der Waals surface area contributed by atoms with Gasteiger partial charge in [0.15, 0.2) is 11.4 Å². The molecule has 0 aliphatic heterocycles. The van der Waals surface area contributed by atoms with Crippen molar-refractivity contribution in [2.24, 2.45) is 0 Å². The molecule has 0 unspecified atom stereocenters. The van der Waals surface area contributed by atoms with Crippen LogP contribution in [0.15, 0.2) is 30.6 Å². The Balaban J connectivity index is 2.13. The third-order valence-corrected chi connectivity index (χ3v) is 3.69. The molecular weight excluding hydrogens is 395 g/mol. The van der Waals surface area contributed by atoms with Crippen LogP contribution in [-0.4, -0.2) is 39.5 Å². The molecule has 9 nitrogen and oxygen atoms in total. The summed E-state index contributed by atoms with van der Waals surface area (Å²) in [7, 11) is 1.36. The molecule has 0 aliphatic rings. The molecule has 1 atom stereocenters. The first-order valence-corrected chi connectivity index (χ1v) is 8.03. The van der Waals surface area contributed by atoms with Gasteiger partial charge >= 0.3 is 12.3 Å². The highest BCUT2D eigenvalue weighted by atomic mass is 19.4. The predicted molar refractivity (Wildman–Crippen MR) is 92.7 cm³/mol. The number of alkyl halides is 3. The summed E-state index contributed by atoms with van der Waals surface area (Å²) in [6, 6.07) is 4.07. The number of nitriles is 1. The maximum absolute atomic E-state index is 13.0. The third kappa shape index (κ3) is 5.45. The van der Waals surface area contributed by atoms with E-state index in [1.54, 1.807) is 0 Å². The first kappa shape index (κ1) is 21.7. The van der Waals surface area contributed by atoms with E-state index in [9.17, 15) is 27.9 Å². The zero-order valence-electron chi connectivity index (χ0n) is 15.2. The number of aliphatic hydroxyl groups is 1. The number of aromatic nitrogens is 2. The number of hydrogen-bond donors (Lipinski definition) is 3. The summed E-state index contributed by atoms with van der Waals surface area (Å²) in [6.45, 7) is 0.760. The summed E-state index contributed by atoms with van der Waals surface area (Å²) in [4.78, 5) is 23.5. The molecule has 3 N–H and O–H groups in total. The number of nitrogens with zero attached hydrogens (tertiary/aromatic N) is 3. The van der Waals surface area contributed by atoms with Gasteiger partial charge in [-0.15, -0.1) is 0 Å². The Kier molecular flexibility index (Phi) is 6.13. The van der Waals surface area contributed by atoms with Crippen LogP contribution in [0.5, 0.6) is 5.75 Å². The molecule has 1 heterocycles. The van der Waals surface area contributed by atoms with Gasteiger partial charge in [-0.3, -0.25) is 9.48 Å². The van der Waals surface area contributed by atoms with Crippen molar-refractivity contribution >= 4 is 17.7 Å². The molecule has 2 amide bonds. The molecular formula is C17H16F3N5O4. The van der Waals surface area contributed by atoms with Gasteiger partial charge in [-0.05, 0) is 25.1 Å². The van der Waals surface area contributed by atoms with Crippen molar-refractivity contribution in [2.45, 2.75) is 25.2 Å². The summed E-state index contributed by atoms with van der Waals surface area (Å²) in [5.41, 5.74) is -4.11. The Morgan fingerprint density at radius 2 is 2.07 bits per heavy atom. The number of amides is 2. The van der Waals surface area contributed by atoms with Crippen LogP contribution in [0.3, 0.4) is 0 Å². The van der Waals surface area contributed by atoms with Crippen LogP contribution in [0.25, 0.3) is 0 Å². The van der Waals surface area contributed by atoms with Gasteiger partial charge < -0.3 is 20.5 Å². The molecule has 0 fully saturated rings. The fourth-order valence-corrected chi connectivity index (χ4v) is 2.25. The SMILES string of the molecule is CNC(=O)Oc1cnn(C[C@](C)(O)C(=O)Nc2ccc(C#N)c(C(F)(F)F)c2)c1. The maximum Gasteiger partial charge on any atom is 0.417 e. The van der Waals surface area contributed by atoms with Crippen molar-refractivity contribution < 1.29 is 32.6 Å². The van der Waals surface area contributed by atoms with Crippen molar-refractivity contribution in [3.8, 4) is 11.8 Å². The second-order valence-electron chi connectivity index (χ2n) is 6.11. The van der Waals surface area contributed by atoms with Crippen molar-refractivity contribution in [1.29, 1.82) is 5.26 Å². The number of ether oxygens (including phenoxy) is 1. The van der Waals surface area contributed by atoms with E-state index in [0.717, 1.165) is 23.7 Å². The molecule has 0 radical (unpaired) electrons. The average molecular weight is 411 g/mol. The number of carbonyl (C=O) groups excluding carboxylic acids is 2. The van der Waals surface area contributed by atoms with Crippen LogP contribution < -0.4 is 15.4 Å². The van der Waals surface area contributed by atoms with Crippen LogP contribution >= 0.6 is 0 Å². The molecule has 154 valence electrons. The lowest BCUT2D eigenvalue weighted by molar-refractivity contribution is -0.138. The van der Waals surface area contributed by atoms with Gasteiger partial charge in [-0.1, -0.05) is 0 Å². The minimum absolute atomic E-state index is 0.0578. The van der Waals surface area contributed by atoms with E-state index in [2.05, 4.69) is 15.7 Å². The van der Waals surface area contributed by atoms with Gasteiger partial charge in [0.2, 0.25) is 0 Å². The predicted octanol–water partition coefficient (Wildman–Crippen LogP) is 1.88. The van der Waals surface area contributed by atoms with Crippen molar-refractivity contribution in [1.82, 2.24) is 15.1 Å². The van der Waals surface area contributed by atoms with Gasteiger partial charge in [0, 0.05) is 12.7 Å². The monoisotopic (exact) mass is 411 g/mol. The number of carbonyl (C=O) groups is 2. The van der Waals surface area contributed by atoms with E-state index < -0.39 is 34.9 Å². The normalized spacial score (nSPS) is 13.1. The van der Waals surface area contributed by atoms with E-state index >= 15 is 0 Å². The highest BCUT2D eigenvalue weighted by molar-refractivity contribution is 5.96. The quantitative estimate of drug-likeness (QED) is 0.689. The Labute approximate surface area is 162 Å². The number of benzene rings is 1. The fraction of sp³-hybridized carbons (Fsp3) is 0.294. The summed E-state index contributed by atoms with van der Waals surface area (Å²) >= 11 is 0. The average Bonchev–Trinajstić information content (AvgIpc) is 3.06. The van der Waals surface area contributed by atoms with Crippen LogP contribution in [0, 0.1) is 11.3 Å². The molecule has 0 bridgehead atoms. The molecule has 0 aliphatic carbocycles. The molecule has 1 aromatic carbocycles. The highest BCUT2D eigenvalue weighted by Gasteiger charge is 2.35. The van der Waals surface area contributed by atoms with Crippen LogP contribution in [-0.2, 0) is 17.5 Å². The molecule has 0 saturated carbocycles. The second kappa shape index (κ2) is 8.19. The minimum atomic E-state index is -4.79. The molecule has 0 spiro atoms. The van der Waals surface area contributed by atoms with Crippen LogP contribution in [0.2, 0.25) is 0 Å². The Bertz CT molecular complexity index is 963. The molecule has 2 aromatic rings. The summed E-state index contributed by atoms with van der Waals surface area (Å²) in [5, 5.41) is 27.4. The lowest BCUT2D eigenvalue weighted by Gasteiger charge is -2.22. The standard InChI is InChI=1S/C17H16F3N5O4/c1-16(28,9-25-8-12(7-23-25)29-15(27)22-2)14(26)24-11-4-3-10(6-21)13(5-11)17(18,19)20/h3-5,7-8,28H,9H2,1-2H3,(H,22,27)(H,24,26)/t16-/m0/s1. The van der Waals surface area contributed by atoms with Gasteiger partial charge in [0.1, 0.15) is 0 Å². The van der Waals surface area contributed by atoms with Crippen molar-refractivity contribution in [3.63, 3.8) is 0 Å². The van der Waals surface area contributed by atoms with E-state index in [4.69, 9.17) is 10.00 Å². The first-order chi connectivity index (χ1) is 13.5. The number of nitrogens with one attached hydrogen (secondary N) is 2. The topological polar surface area (TPSA) is 129 Å². The minimum Gasteiger partial charge on any atom is -0.407 e. The lowest BCUT2D eigenvalue weighted by Crippen LogP contribution is -2.43. The maximum atomic E-state index is 13.0. The van der Waals surface area contributed by atoms with Crippen LogP contribution in [0.4, 0.5) is 23.7 Å². The number of halogens is 3. The van der Waals surface area contributed by atoms with Crippen LogP contribution in [0.1, 0.15) is 18.1 Å². The smallest absolute Gasteiger partial charge is 0.407 e. The molecule has 0 saturated heterocycles. The summed E-state index contributed by atoms with van der Waals surface area (Å²) in [5.74, 6) is -0.943. The lowest BCUT2D eigenvalue weighted by atomic mass is 10.0. The third-order valence-electron chi connectivity index (χ3n) is 3.69. The fourth-order valence-electron chi connectivity index (χ4n) is 2.25. The molecule has 12 heteroatoms. The van der Waals surface area contributed by atoms with Gasteiger partial charge in [0.05, 0.1) is 36.1 Å². The number of hydrogen-bond acceptors (Lipinski definition) is 6. The Hall–Kier alpha value is -3.59. The van der Waals surface area contributed by atoms with E-state index in [-0.39, 0.29) is 18.0 Å². The Morgan fingerprint density at radius 3 is 2.66 bits per heavy atom. The van der Waals surface area contributed by atoms with Gasteiger partial charge in [-0.2, -0.15) is 23.5 Å². The van der Waals surface area contributed by atoms with Crippen molar-refractivity contribution in [2.75, 3.05) is 12.4 Å². The first-order valence-electron chi connectivity index (χ1n) is 8.03. The number of rotatable bonds is 5. The van der Waals surface area contributed by atoms with E-state index in [1.165, 1.54) is 25.5 Å². The van der Waals surface area contributed by atoms with Crippen molar-refractivity contribution in [3.05, 3.63) is 41.7 Å². The summed E-state index contributed by atoms with van der Waals surface area (Å²) < 4.78 is 45.0. The zero-order chi connectivity index (χ0) is 21.8. The highest BCUT2D eigenvalue weighted by Crippen LogP contribution is 2.33. The number of anilines is 1. The molecule has 29 heavy (non-hydrogen) atoms. The molecule has 2 rings (SSSR count). The van der Waals surface area contributed by atoms with Gasteiger partial charge in [-0.25, -0.2) is 4.79 Å². The Morgan fingerprint density at radius 1 is 1.38 bits per heavy atom. The van der Waals surface area contributed by atoms with Gasteiger partial charge in [0.25, 0.3) is 5.91 Å². The molecule has 1 aromatic heterocycles.